The van der Waals surface area contributed by atoms with E-state index in [4.69, 9.17) is 10.5 Å². The zero-order chi connectivity index (χ0) is 30.1. The lowest BCUT2D eigenvalue weighted by Crippen LogP contribution is -2.40. The van der Waals surface area contributed by atoms with Gasteiger partial charge in [0, 0.05) is 43.3 Å². The molecule has 1 atom stereocenters. The summed E-state index contributed by atoms with van der Waals surface area (Å²) in [6.45, 7) is 2.40. The third-order valence-electron chi connectivity index (χ3n) is 6.82. The molecule has 1 aliphatic heterocycles. The van der Waals surface area contributed by atoms with Crippen LogP contribution in [0.5, 0.6) is 11.5 Å². The molecule has 14 heteroatoms. The molecule has 1 aliphatic rings. The number of hydrogen-bond acceptors (Lipinski definition) is 7. The van der Waals surface area contributed by atoms with Crippen LogP contribution in [-0.2, 0) is 9.59 Å². The van der Waals surface area contributed by atoms with E-state index in [1.54, 1.807) is 11.8 Å². The molecule has 4 aromatic rings. The molecule has 0 bridgehead atoms. The monoisotopic (exact) mass is 586 g/mol. The van der Waals surface area contributed by atoms with Gasteiger partial charge in [-0.1, -0.05) is 6.92 Å². The van der Waals surface area contributed by atoms with Crippen molar-refractivity contribution in [1.29, 1.82) is 0 Å². The lowest BCUT2D eigenvalue weighted by atomic mass is 10.1. The smallest absolute Gasteiger partial charge is 0.246 e. The number of fused-ring (bicyclic) bond motifs is 1. The molecule has 0 spiro atoms. The molecule has 218 valence electrons. The Morgan fingerprint density at radius 2 is 1.79 bits per heavy atom. The zero-order valence-electron chi connectivity index (χ0n) is 22.1. The van der Waals surface area contributed by atoms with E-state index in [9.17, 15) is 27.2 Å². The molecule has 1 fully saturated rings. The second kappa shape index (κ2) is 11.5. The van der Waals surface area contributed by atoms with Crippen LogP contribution in [0.15, 0.2) is 42.7 Å². The Hall–Kier alpha value is -4.88. The average molecular weight is 587 g/mol. The number of piperidine rings is 1. The number of halogens is 5. The van der Waals surface area contributed by atoms with E-state index >= 15 is 4.39 Å². The van der Waals surface area contributed by atoms with Gasteiger partial charge in [-0.05, 0) is 31.1 Å². The number of nitrogen functional groups attached to an aromatic ring is 1. The zero-order valence-corrected chi connectivity index (χ0v) is 22.1. The van der Waals surface area contributed by atoms with Gasteiger partial charge < -0.3 is 15.4 Å². The van der Waals surface area contributed by atoms with Gasteiger partial charge in [0.25, 0.3) is 0 Å². The summed E-state index contributed by atoms with van der Waals surface area (Å²) in [5.41, 5.74) is 6.37. The van der Waals surface area contributed by atoms with Crippen molar-refractivity contribution in [1.82, 2.24) is 24.6 Å². The van der Waals surface area contributed by atoms with Gasteiger partial charge in [0.2, 0.25) is 23.3 Å². The largest absolute Gasteiger partial charge is 0.451 e. The molecule has 1 unspecified atom stereocenters. The van der Waals surface area contributed by atoms with Crippen LogP contribution in [0, 0.1) is 29.1 Å². The van der Waals surface area contributed by atoms with Gasteiger partial charge in [-0.25, -0.2) is 27.8 Å². The number of rotatable bonds is 7. The number of amides is 1. The summed E-state index contributed by atoms with van der Waals surface area (Å²) in [6.07, 6.45) is 5.20. The van der Waals surface area contributed by atoms with E-state index < -0.39 is 40.6 Å². The van der Waals surface area contributed by atoms with E-state index in [-0.39, 0.29) is 64.9 Å². The normalized spacial score (nSPS) is 15.5. The molecule has 0 radical (unpaired) electrons. The number of nitrogens with two attached hydrogens (primary N) is 1. The molecule has 2 aromatic carbocycles. The number of likely N-dealkylation sites (tertiary alicyclic amines) is 1. The Bertz CT molecular complexity index is 1720. The highest BCUT2D eigenvalue weighted by Crippen LogP contribution is 2.37. The number of carbonyl (C=O) groups excluding carboxylic acids is 2. The van der Waals surface area contributed by atoms with Gasteiger partial charge >= 0.3 is 0 Å². The number of anilines is 1. The molecular formula is C28H23F5N6O3. The molecule has 1 saturated heterocycles. The molecule has 1 amide bonds. The van der Waals surface area contributed by atoms with E-state index in [0.717, 1.165) is 12.1 Å². The molecule has 2 aromatic heterocycles. The summed E-state index contributed by atoms with van der Waals surface area (Å²) >= 11 is 0. The van der Waals surface area contributed by atoms with Gasteiger partial charge in [0.15, 0.2) is 23.1 Å². The number of aromatic nitrogens is 4. The van der Waals surface area contributed by atoms with Crippen molar-refractivity contribution in [3.8, 4) is 22.8 Å². The summed E-state index contributed by atoms with van der Waals surface area (Å²) in [5.74, 6) is -10.2. The maximum atomic E-state index is 15.4. The second-order valence-corrected chi connectivity index (χ2v) is 9.53. The lowest BCUT2D eigenvalue weighted by molar-refractivity contribution is -0.128. The number of allylic oxidation sites excluding steroid dienone is 1. The van der Waals surface area contributed by atoms with E-state index in [1.807, 2.05) is 0 Å². The minimum Gasteiger partial charge on any atom is -0.451 e. The highest BCUT2D eigenvalue weighted by atomic mass is 19.2. The van der Waals surface area contributed by atoms with Gasteiger partial charge in [-0.15, -0.1) is 0 Å². The molecular weight excluding hydrogens is 563 g/mol. The van der Waals surface area contributed by atoms with Crippen LogP contribution in [0.25, 0.3) is 22.3 Å². The van der Waals surface area contributed by atoms with E-state index in [2.05, 4.69) is 15.1 Å². The number of carbonyl (C=O) groups is 2. The van der Waals surface area contributed by atoms with Crippen LogP contribution >= 0.6 is 0 Å². The highest BCUT2D eigenvalue weighted by molar-refractivity contribution is 5.99. The van der Waals surface area contributed by atoms with Crippen molar-refractivity contribution in [2.24, 2.45) is 0 Å². The van der Waals surface area contributed by atoms with Crippen LogP contribution in [0.1, 0.15) is 32.2 Å². The van der Waals surface area contributed by atoms with E-state index in [0.29, 0.717) is 19.4 Å². The molecule has 0 aliphatic carbocycles. The fraction of sp³-hybridized carbons (Fsp3) is 0.250. The first-order valence-electron chi connectivity index (χ1n) is 12.9. The minimum absolute atomic E-state index is 0.00473. The molecule has 2 N–H and O–H groups in total. The predicted molar refractivity (Wildman–Crippen MR) is 141 cm³/mol. The quantitative estimate of drug-likeness (QED) is 0.178. The lowest BCUT2D eigenvalue weighted by Gasteiger charge is -2.32. The van der Waals surface area contributed by atoms with Crippen LogP contribution in [0.4, 0.5) is 27.8 Å². The van der Waals surface area contributed by atoms with Crippen LogP contribution in [-0.4, -0.2) is 49.4 Å². The number of ketones is 1. The molecule has 3 heterocycles. The Morgan fingerprint density at radius 1 is 1.05 bits per heavy atom. The predicted octanol–water partition coefficient (Wildman–Crippen LogP) is 5.26. The van der Waals surface area contributed by atoms with Gasteiger partial charge in [0.05, 0.1) is 11.4 Å². The summed E-state index contributed by atoms with van der Waals surface area (Å²) in [5, 5.41) is 4.80. The number of hydrogen-bond donors (Lipinski definition) is 1. The molecule has 9 nitrogen and oxygen atoms in total. The average Bonchev–Trinajstić information content (AvgIpc) is 3.37. The molecule has 42 heavy (non-hydrogen) atoms. The van der Waals surface area contributed by atoms with Gasteiger partial charge in [-0.2, -0.15) is 13.9 Å². The number of benzene rings is 2. The highest BCUT2D eigenvalue weighted by Gasteiger charge is 2.29. The summed E-state index contributed by atoms with van der Waals surface area (Å²) in [7, 11) is 0. The van der Waals surface area contributed by atoms with Crippen molar-refractivity contribution in [3.05, 3.63) is 71.8 Å². The van der Waals surface area contributed by atoms with Crippen LogP contribution in [0.3, 0.4) is 0 Å². The fourth-order valence-electron chi connectivity index (χ4n) is 4.69. The van der Waals surface area contributed by atoms with Crippen LogP contribution < -0.4 is 10.5 Å². The molecule has 5 rings (SSSR count). The Morgan fingerprint density at radius 3 is 2.48 bits per heavy atom. The maximum Gasteiger partial charge on any atom is 0.246 e. The van der Waals surface area contributed by atoms with Crippen molar-refractivity contribution in [2.75, 3.05) is 18.8 Å². The topological polar surface area (TPSA) is 116 Å². The first-order chi connectivity index (χ1) is 20.1. The summed E-state index contributed by atoms with van der Waals surface area (Å²) < 4.78 is 77.2. The Balaban J connectivity index is 1.49. The van der Waals surface area contributed by atoms with Gasteiger partial charge in [-0.3, -0.25) is 9.59 Å². The molecule has 0 saturated carbocycles. The maximum absolute atomic E-state index is 15.4. The SMILES string of the molecule is CCC(=O)/C=C/C(=O)N1CCCC(n2nc(-c3ccc(Oc4c(F)c(F)cc(F)c4F)cc3F)c3c(N)ncnc32)C1. The van der Waals surface area contributed by atoms with Crippen LogP contribution in [0.2, 0.25) is 0 Å². The van der Waals surface area contributed by atoms with Crippen molar-refractivity contribution >= 4 is 28.5 Å². The third kappa shape index (κ3) is 5.39. The number of nitrogens with zero attached hydrogens (tertiary/aromatic N) is 5. The summed E-state index contributed by atoms with van der Waals surface area (Å²) in [4.78, 5) is 34.1. The second-order valence-electron chi connectivity index (χ2n) is 9.53. The first-order valence-corrected chi connectivity index (χ1v) is 12.9. The standard InChI is InChI=1S/C28H23F5N6O3/c1-2-15(40)5-8-21(41)38-9-3-4-14(12-38)39-28-22(27(34)35-13-36-28)25(37-39)17-7-6-16(10-18(17)29)42-26-23(32)19(30)11-20(31)24(26)33/h5-8,10-11,13-14H,2-4,9,12H2,1H3,(H2,34,35,36)/b8-5+. The Labute approximate surface area is 235 Å². The van der Waals surface area contributed by atoms with Crippen molar-refractivity contribution in [2.45, 2.75) is 32.2 Å². The van der Waals surface area contributed by atoms with E-state index in [1.165, 1.54) is 29.2 Å². The number of ether oxygens (including phenoxy) is 1. The first kappa shape index (κ1) is 28.6. The van der Waals surface area contributed by atoms with Crippen molar-refractivity contribution in [3.63, 3.8) is 0 Å². The third-order valence-corrected chi connectivity index (χ3v) is 6.82. The van der Waals surface area contributed by atoms with Gasteiger partial charge in [0.1, 0.15) is 29.4 Å². The van der Waals surface area contributed by atoms with Crippen molar-refractivity contribution < 1.29 is 36.3 Å². The fourth-order valence-corrected chi connectivity index (χ4v) is 4.69. The summed E-state index contributed by atoms with van der Waals surface area (Å²) in [6, 6.07) is 2.76. The Kier molecular flexibility index (Phi) is 7.87. The minimum atomic E-state index is -1.78.